The molecule has 2 aromatic heterocycles. The summed E-state index contributed by atoms with van der Waals surface area (Å²) in [6.45, 7) is 5.34. The third kappa shape index (κ3) is 8.83. The number of carbonyl (C=O) groups excluding carboxylic acids is 4. The van der Waals surface area contributed by atoms with Crippen molar-refractivity contribution in [3.05, 3.63) is 87.4 Å². The Bertz CT molecular complexity index is 2980. The maximum atomic E-state index is 17.5. The predicted molar refractivity (Wildman–Crippen MR) is 270 cm³/mol. The number of allylic oxidation sites excluding steroid dienone is 2. The number of amides is 3. The Hall–Kier alpha value is -6.20. The van der Waals surface area contributed by atoms with Crippen molar-refractivity contribution in [1.29, 1.82) is 0 Å². The number of hydrogen-bond donors (Lipinski definition) is 2. The standard InChI is InChI=1S/C55H60F2N6O8S/c1-28(2)48(60-54(66)68-3)52(65)62-18-6-9-42(62)40-24-34(27-59-40)32-22-38(56)46-43(25-32)71-53(45-15-14-44(72-45)29-10-11-29)63-41-13-12-31(21-37(41)47(57)50(46)63)33-23-39(58-26-33)35-7-5-8-36(35)51(64)49(61-55(67)69-4)30-16-19-70-20-17-30/h12-15,21-22,25-30,35-36,42,48-49,53H,5-11,16-20,23-24H2,1-4H3,(H,60,66)(H,61,67)/t35-,36?,42+,48+,49+,53?/m1/s1. The van der Waals surface area contributed by atoms with E-state index < -0.39 is 42.1 Å². The second-order valence-corrected chi connectivity index (χ2v) is 21.8. The van der Waals surface area contributed by atoms with Gasteiger partial charge in [0.2, 0.25) is 12.1 Å². The fourth-order valence-electron chi connectivity index (χ4n) is 12.0. The molecule has 4 fully saturated rings. The highest BCUT2D eigenvalue weighted by atomic mass is 32.1. The summed E-state index contributed by atoms with van der Waals surface area (Å²) in [5.74, 6) is -1.28. The first-order valence-electron chi connectivity index (χ1n) is 25.5. The number of halogens is 2. The smallest absolute Gasteiger partial charge is 0.407 e. The number of methoxy groups -OCH3 is 2. The zero-order valence-electron chi connectivity index (χ0n) is 41.0. The lowest BCUT2D eigenvalue weighted by Gasteiger charge is -2.32. The Balaban J connectivity index is 0.865. The number of aliphatic imine (C=N–C) groups is 2. The van der Waals surface area contributed by atoms with Crippen LogP contribution in [0.3, 0.4) is 0 Å². The normalized spacial score (nSPS) is 23.7. The van der Waals surface area contributed by atoms with Crippen molar-refractivity contribution < 1.29 is 46.9 Å². The molecule has 2 saturated heterocycles. The van der Waals surface area contributed by atoms with E-state index in [2.05, 4.69) is 16.7 Å². The first-order valence-corrected chi connectivity index (χ1v) is 26.3. The Kier molecular flexibility index (Phi) is 13.1. The summed E-state index contributed by atoms with van der Waals surface area (Å²) in [4.78, 5) is 66.4. The lowest BCUT2D eigenvalue weighted by atomic mass is 9.78. The molecule has 0 radical (unpaired) electrons. The van der Waals surface area contributed by atoms with Gasteiger partial charge in [0.1, 0.15) is 17.6 Å². The van der Waals surface area contributed by atoms with Crippen molar-refractivity contribution in [2.24, 2.45) is 33.7 Å². The van der Waals surface area contributed by atoms with Gasteiger partial charge in [-0.2, -0.15) is 0 Å². The number of ketones is 1. The van der Waals surface area contributed by atoms with Crippen LogP contribution in [0.1, 0.15) is 118 Å². The maximum Gasteiger partial charge on any atom is 0.407 e. The van der Waals surface area contributed by atoms with Crippen LogP contribution >= 0.6 is 11.3 Å². The zero-order valence-corrected chi connectivity index (χ0v) is 41.8. The molecule has 6 atom stereocenters. The van der Waals surface area contributed by atoms with Crippen LogP contribution in [0.4, 0.5) is 18.4 Å². The van der Waals surface area contributed by atoms with Gasteiger partial charge in [0.15, 0.2) is 11.6 Å². The number of Topliss-reactive ketones (excluding diaryl/α,β-unsaturated/α-hetero) is 1. The Morgan fingerprint density at radius 1 is 0.806 bits per heavy atom. The molecule has 2 saturated carbocycles. The third-order valence-electron chi connectivity index (χ3n) is 16.0. The van der Waals surface area contributed by atoms with Crippen molar-refractivity contribution in [1.82, 2.24) is 20.1 Å². The van der Waals surface area contributed by atoms with Crippen LogP contribution in [-0.2, 0) is 23.8 Å². The molecule has 2 unspecified atom stereocenters. The van der Waals surface area contributed by atoms with Crippen LogP contribution in [-0.4, -0.2) is 96.9 Å². The average molecular weight is 1000 g/mol. The van der Waals surface area contributed by atoms with Crippen molar-refractivity contribution in [2.45, 2.75) is 115 Å². The van der Waals surface area contributed by atoms with Crippen molar-refractivity contribution in [2.75, 3.05) is 34.0 Å². The van der Waals surface area contributed by atoms with E-state index in [9.17, 15) is 19.2 Å². The van der Waals surface area contributed by atoms with Gasteiger partial charge in [0.25, 0.3) is 0 Å². The monoisotopic (exact) mass is 1000 g/mol. The number of nitrogens with zero attached hydrogens (tertiary/aromatic N) is 4. The zero-order chi connectivity index (χ0) is 49.9. The van der Waals surface area contributed by atoms with Gasteiger partial charge in [-0.1, -0.05) is 26.3 Å². The minimum absolute atomic E-state index is 0.00895. The highest BCUT2D eigenvalue weighted by Gasteiger charge is 2.44. The molecule has 2 aromatic carbocycles. The van der Waals surface area contributed by atoms with E-state index >= 15 is 8.78 Å². The molecule has 2 N–H and O–H groups in total. The summed E-state index contributed by atoms with van der Waals surface area (Å²) in [6.07, 6.45) is 9.77. The molecule has 72 heavy (non-hydrogen) atoms. The van der Waals surface area contributed by atoms with Gasteiger partial charge in [-0.15, -0.1) is 11.3 Å². The molecule has 0 bridgehead atoms. The Morgan fingerprint density at radius 3 is 2.28 bits per heavy atom. The SMILES string of the molecule is COC(=O)N[C@H](C(=O)N1CCC[C@H]1C1=NC=C(c2cc(F)c3c(c2)OC(c2ccc(C4CC4)s2)n2c-3c(F)c3cc(C4=CN=C([C@@H]5CCCC5C(=O)[C@@H](NC(=O)OC)C5CCOCC5)C4)ccc32)C1)C(C)C. The summed E-state index contributed by atoms with van der Waals surface area (Å²) in [6, 6.07) is 11.3. The number of likely N-dealkylation sites (tertiary alicyclic amines) is 1. The minimum atomic E-state index is -0.775. The fraction of sp³-hybridized carbons (Fsp3) is 0.491. The highest BCUT2D eigenvalue weighted by Crippen LogP contribution is 2.52. The lowest BCUT2D eigenvalue weighted by Crippen LogP contribution is -2.53. The fourth-order valence-corrected chi connectivity index (χ4v) is 13.2. The first kappa shape index (κ1) is 48.1. The Morgan fingerprint density at radius 2 is 1.53 bits per heavy atom. The molecular formula is C55H60F2N6O8S. The van der Waals surface area contributed by atoms with Crippen molar-refractivity contribution in [3.8, 4) is 17.0 Å². The number of aromatic nitrogens is 1. The summed E-state index contributed by atoms with van der Waals surface area (Å²) in [7, 11) is 2.57. The topological polar surface area (TPSA) is 162 Å². The van der Waals surface area contributed by atoms with Gasteiger partial charge < -0.3 is 34.5 Å². The summed E-state index contributed by atoms with van der Waals surface area (Å²) < 4.78 is 58.5. The molecule has 4 aromatic rings. The van der Waals surface area contributed by atoms with E-state index in [0.29, 0.717) is 80.7 Å². The molecule has 378 valence electrons. The molecule has 11 rings (SSSR count). The molecule has 3 amide bonds. The number of rotatable bonds is 13. The van der Waals surface area contributed by atoms with Crippen LogP contribution in [0.25, 0.3) is 33.3 Å². The second-order valence-electron chi connectivity index (χ2n) is 20.6. The molecule has 2 aliphatic carbocycles. The molecule has 5 aliphatic heterocycles. The van der Waals surface area contributed by atoms with Gasteiger partial charge in [-0.05, 0) is 128 Å². The number of nitrogens with one attached hydrogen (secondary N) is 2. The number of benzene rings is 2. The number of carbonyl (C=O) groups is 4. The van der Waals surface area contributed by atoms with Gasteiger partial charge in [0, 0.05) is 78.5 Å². The number of thiophene rings is 1. The molecule has 14 nitrogen and oxygen atoms in total. The number of fused-ring (bicyclic) bond motifs is 5. The second kappa shape index (κ2) is 19.7. The number of ether oxygens (including phenoxy) is 4. The maximum absolute atomic E-state index is 17.5. The largest absolute Gasteiger partial charge is 0.464 e. The number of alkyl carbamates (subject to hydrolysis) is 2. The molecule has 0 spiro atoms. The molecule has 7 heterocycles. The van der Waals surface area contributed by atoms with E-state index in [-0.39, 0.29) is 58.4 Å². The summed E-state index contributed by atoms with van der Waals surface area (Å²) >= 11 is 1.64. The van der Waals surface area contributed by atoms with E-state index in [4.69, 9.17) is 28.9 Å². The van der Waals surface area contributed by atoms with E-state index in [1.165, 1.54) is 25.2 Å². The summed E-state index contributed by atoms with van der Waals surface area (Å²) in [5.41, 5.74) is 5.38. The van der Waals surface area contributed by atoms with E-state index in [0.717, 1.165) is 65.1 Å². The molecule has 17 heteroatoms. The third-order valence-corrected chi connectivity index (χ3v) is 17.2. The van der Waals surface area contributed by atoms with E-state index in [1.807, 2.05) is 44.3 Å². The minimum Gasteiger partial charge on any atom is -0.464 e. The van der Waals surface area contributed by atoms with Crippen molar-refractivity contribution >= 4 is 68.7 Å². The van der Waals surface area contributed by atoms with E-state index in [1.54, 1.807) is 33.1 Å². The summed E-state index contributed by atoms with van der Waals surface area (Å²) in [5, 5.41) is 5.88. The molecule has 7 aliphatic rings. The first-order chi connectivity index (χ1) is 34.9. The van der Waals surface area contributed by atoms with Crippen LogP contribution < -0.4 is 15.4 Å². The van der Waals surface area contributed by atoms with Crippen molar-refractivity contribution in [3.63, 3.8) is 0 Å². The predicted octanol–water partition coefficient (Wildman–Crippen LogP) is 10.3. The van der Waals surface area contributed by atoms with Crippen LogP contribution in [0.2, 0.25) is 0 Å². The van der Waals surface area contributed by atoms with Gasteiger partial charge >= 0.3 is 12.2 Å². The lowest BCUT2D eigenvalue weighted by molar-refractivity contribution is -0.134. The average Bonchev–Trinajstić information content (AvgIpc) is 4.10. The van der Waals surface area contributed by atoms with Gasteiger partial charge in [0.05, 0.1) is 48.0 Å². The quantitative estimate of drug-likeness (QED) is 0.134. The molecular weight excluding hydrogens is 943 g/mol. The Labute approximate surface area is 420 Å². The van der Waals surface area contributed by atoms with Crippen LogP contribution in [0.5, 0.6) is 5.75 Å². The van der Waals surface area contributed by atoms with Gasteiger partial charge in [-0.25, -0.2) is 18.4 Å². The highest BCUT2D eigenvalue weighted by molar-refractivity contribution is 7.12. The van der Waals surface area contributed by atoms with Crippen LogP contribution in [0, 0.1) is 35.3 Å². The van der Waals surface area contributed by atoms with Gasteiger partial charge in [-0.3, -0.25) is 24.1 Å². The van der Waals surface area contributed by atoms with Crippen LogP contribution in [0.15, 0.2) is 64.8 Å². The number of hydrogen-bond acceptors (Lipinski definition) is 11.